The van der Waals surface area contributed by atoms with Crippen LogP contribution in [0.2, 0.25) is 0 Å². The molecule has 2 rings (SSSR count). The van der Waals surface area contributed by atoms with Crippen molar-refractivity contribution in [3.8, 4) is 0 Å². The lowest BCUT2D eigenvalue weighted by Gasteiger charge is -2.19. The van der Waals surface area contributed by atoms with Crippen LogP contribution in [0.4, 0.5) is 0 Å². The van der Waals surface area contributed by atoms with Crippen LogP contribution in [-0.4, -0.2) is 25.8 Å². The van der Waals surface area contributed by atoms with Crippen molar-refractivity contribution in [1.82, 2.24) is 5.32 Å². The average molecular weight is 275 g/mol. The summed E-state index contributed by atoms with van der Waals surface area (Å²) < 4.78 is 5.74. The summed E-state index contributed by atoms with van der Waals surface area (Å²) in [6.45, 7) is 7.14. The van der Waals surface area contributed by atoms with Gasteiger partial charge in [-0.15, -0.1) is 0 Å². The highest BCUT2D eigenvalue weighted by Gasteiger charge is 2.13. The Morgan fingerprint density at radius 1 is 1.15 bits per heavy atom. The van der Waals surface area contributed by atoms with E-state index in [2.05, 4.69) is 37.4 Å². The molecule has 112 valence electrons. The minimum atomic E-state index is 0.445. The molecule has 0 fully saturated rings. The van der Waals surface area contributed by atoms with Crippen LogP contribution in [0.3, 0.4) is 0 Å². The van der Waals surface area contributed by atoms with Gasteiger partial charge in [0.2, 0.25) is 0 Å². The Balaban J connectivity index is 1.91. The van der Waals surface area contributed by atoms with Gasteiger partial charge in [0, 0.05) is 12.6 Å². The molecule has 0 bridgehead atoms. The fourth-order valence-electron chi connectivity index (χ4n) is 2.95. The van der Waals surface area contributed by atoms with Crippen LogP contribution in [0.25, 0.3) is 0 Å². The number of benzene rings is 1. The van der Waals surface area contributed by atoms with E-state index in [9.17, 15) is 0 Å². The van der Waals surface area contributed by atoms with E-state index in [0.29, 0.717) is 6.04 Å². The van der Waals surface area contributed by atoms with Crippen LogP contribution >= 0.6 is 0 Å². The summed E-state index contributed by atoms with van der Waals surface area (Å²) in [5.41, 5.74) is 4.60. The molecule has 2 nitrogen and oxygen atoms in total. The highest BCUT2D eigenvalue weighted by atomic mass is 16.5. The summed E-state index contributed by atoms with van der Waals surface area (Å²) in [7, 11) is 0. The van der Waals surface area contributed by atoms with Crippen molar-refractivity contribution < 1.29 is 4.74 Å². The lowest BCUT2D eigenvalue weighted by Crippen LogP contribution is -2.36. The lowest BCUT2D eigenvalue weighted by molar-refractivity contribution is 0.111. The molecule has 1 aliphatic carbocycles. The molecule has 0 amide bonds. The normalized spacial score (nSPS) is 15.3. The van der Waals surface area contributed by atoms with Gasteiger partial charge < -0.3 is 10.1 Å². The summed E-state index contributed by atoms with van der Waals surface area (Å²) in [6.07, 6.45) is 7.22. The summed E-state index contributed by atoms with van der Waals surface area (Å²) in [4.78, 5) is 0. The van der Waals surface area contributed by atoms with Crippen LogP contribution < -0.4 is 5.32 Å². The van der Waals surface area contributed by atoms with Crippen molar-refractivity contribution in [1.29, 1.82) is 0 Å². The summed E-state index contributed by atoms with van der Waals surface area (Å²) in [5, 5.41) is 3.62. The van der Waals surface area contributed by atoms with Crippen molar-refractivity contribution in [3.63, 3.8) is 0 Å². The number of hydrogen-bond donors (Lipinski definition) is 1. The smallest absolute Gasteiger partial charge is 0.0622 e. The zero-order valence-corrected chi connectivity index (χ0v) is 13.1. The molecule has 0 saturated carbocycles. The van der Waals surface area contributed by atoms with Gasteiger partial charge in [-0.3, -0.25) is 0 Å². The van der Waals surface area contributed by atoms with E-state index in [1.54, 1.807) is 11.1 Å². The minimum Gasteiger partial charge on any atom is -0.380 e. The van der Waals surface area contributed by atoms with E-state index in [4.69, 9.17) is 4.74 Å². The second-order valence-electron chi connectivity index (χ2n) is 5.89. The van der Waals surface area contributed by atoms with E-state index in [-0.39, 0.29) is 0 Å². The number of nitrogens with one attached hydrogen (secondary N) is 1. The standard InChI is InChI=1S/C18H29NO/c1-3-10-19-18(14-20-11-4-2)13-15-8-9-16-6-5-7-17(16)12-15/h8-9,12,18-19H,3-7,10-11,13-14H2,1-2H3. The topological polar surface area (TPSA) is 21.3 Å². The average Bonchev–Trinajstić information content (AvgIpc) is 2.92. The first-order valence-electron chi connectivity index (χ1n) is 8.25. The summed E-state index contributed by atoms with van der Waals surface area (Å²) in [6, 6.07) is 7.51. The molecular weight excluding hydrogens is 246 g/mol. The van der Waals surface area contributed by atoms with E-state index < -0.39 is 0 Å². The van der Waals surface area contributed by atoms with Gasteiger partial charge in [0.05, 0.1) is 6.61 Å². The Labute approximate surface area is 123 Å². The van der Waals surface area contributed by atoms with Crippen LogP contribution in [0.15, 0.2) is 18.2 Å². The van der Waals surface area contributed by atoms with Gasteiger partial charge in [-0.2, -0.15) is 0 Å². The van der Waals surface area contributed by atoms with Crippen molar-refractivity contribution in [3.05, 3.63) is 34.9 Å². The van der Waals surface area contributed by atoms with Gasteiger partial charge in [0.15, 0.2) is 0 Å². The zero-order chi connectivity index (χ0) is 14.2. The SMILES string of the molecule is CCCNC(COCCC)Cc1ccc2c(c1)CCC2. The third-order valence-electron chi connectivity index (χ3n) is 4.00. The van der Waals surface area contributed by atoms with Crippen molar-refractivity contribution in [2.24, 2.45) is 0 Å². The van der Waals surface area contributed by atoms with Crippen molar-refractivity contribution >= 4 is 0 Å². The first-order chi connectivity index (χ1) is 9.83. The molecule has 1 aliphatic rings. The fourth-order valence-corrected chi connectivity index (χ4v) is 2.95. The number of fused-ring (bicyclic) bond motifs is 1. The first-order valence-corrected chi connectivity index (χ1v) is 8.25. The molecule has 0 heterocycles. The molecule has 1 unspecified atom stereocenters. The zero-order valence-electron chi connectivity index (χ0n) is 13.1. The maximum Gasteiger partial charge on any atom is 0.0622 e. The second kappa shape index (κ2) is 8.43. The van der Waals surface area contributed by atoms with E-state index >= 15 is 0 Å². The number of rotatable bonds is 9. The van der Waals surface area contributed by atoms with E-state index in [0.717, 1.165) is 32.6 Å². The first kappa shape index (κ1) is 15.5. The van der Waals surface area contributed by atoms with Gasteiger partial charge >= 0.3 is 0 Å². The molecule has 1 aromatic carbocycles. The van der Waals surface area contributed by atoms with Crippen LogP contribution in [0.1, 0.15) is 49.8 Å². The largest absolute Gasteiger partial charge is 0.380 e. The molecule has 1 aromatic rings. The molecule has 0 aliphatic heterocycles. The fraction of sp³-hybridized carbons (Fsp3) is 0.667. The van der Waals surface area contributed by atoms with Gasteiger partial charge in [0.1, 0.15) is 0 Å². The van der Waals surface area contributed by atoms with Gasteiger partial charge in [-0.1, -0.05) is 32.0 Å². The Morgan fingerprint density at radius 2 is 2.00 bits per heavy atom. The highest BCUT2D eigenvalue weighted by molar-refractivity contribution is 5.35. The van der Waals surface area contributed by atoms with Crippen LogP contribution in [-0.2, 0) is 24.0 Å². The Hall–Kier alpha value is -0.860. The van der Waals surface area contributed by atoms with Crippen LogP contribution in [0, 0.1) is 0 Å². The number of hydrogen-bond acceptors (Lipinski definition) is 2. The third-order valence-corrected chi connectivity index (χ3v) is 4.00. The van der Waals surface area contributed by atoms with Gasteiger partial charge in [-0.05, 0) is 61.8 Å². The van der Waals surface area contributed by atoms with Gasteiger partial charge in [-0.25, -0.2) is 0 Å². The molecule has 0 aromatic heterocycles. The van der Waals surface area contributed by atoms with Gasteiger partial charge in [0.25, 0.3) is 0 Å². The lowest BCUT2D eigenvalue weighted by atomic mass is 10.0. The van der Waals surface area contributed by atoms with Crippen molar-refractivity contribution in [2.75, 3.05) is 19.8 Å². The van der Waals surface area contributed by atoms with Crippen molar-refractivity contribution in [2.45, 2.75) is 58.4 Å². The van der Waals surface area contributed by atoms with Crippen LogP contribution in [0.5, 0.6) is 0 Å². The molecule has 2 heteroatoms. The number of aryl methyl sites for hydroxylation is 2. The minimum absolute atomic E-state index is 0.445. The molecule has 0 saturated heterocycles. The Bertz CT molecular complexity index is 402. The quantitative estimate of drug-likeness (QED) is 0.696. The predicted octanol–water partition coefficient (Wildman–Crippen LogP) is 3.51. The molecule has 0 spiro atoms. The maximum absolute atomic E-state index is 5.74. The molecule has 1 N–H and O–H groups in total. The summed E-state index contributed by atoms with van der Waals surface area (Å²) >= 11 is 0. The molecular formula is C18H29NO. The molecule has 20 heavy (non-hydrogen) atoms. The predicted molar refractivity (Wildman–Crippen MR) is 85.4 cm³/mol. The van der Waals surface area contributed by atoms with E-state index in [1.807, 2.05) is 0 Å². The Morgan fingerprint density at radius 3 is 2.80 bits per heavy atom. The third kappa shape index (κ3) is 4.60. The monoisotopic (exact) mass is 275 g/mol. The summed E-state index contributed by atoms with van der Waals surface area (Å²) in [5.74, 6) is 0. The molecule has 1 atom stereocenters. The molecule has 0 radical (unpaired) electrons. The number of ether oxygens (including phenoxy) is 1. The van der Waals surface area contributed by atoms with E-state index in [1.165, 1.54) is 31.2 Å². The second-order valence-corrected chi connectivity index (χ2v) is 5.89. The Kier molecular flexibility index (Phi) is 6.55. The highest BCUT2D eigenvalue weighted by Crippen LogP contribution is 2.23. The maximum atomic E-state index is 5.74.